The quantitative estimate of drug-likeness (QED) is 0.310. The minimum atomic E-state index is -1.43. The van der Waals surface area contributed by atoms with Crippen LogP contribution in [0.3, 0.4) is 0 Å². The summed E-state index contributed by atoms with van der Waals surface area (Å²) in [6.07, 6.45) is -0.794. The predicted octanol–water partition coefficient (Wildman–Crippen LogP) is 3.15. The highest BCUT2D eigenvalue weighted by atomic mass is 16.6. The van der Waals surface area contributed by atoms with Crippen molar-refractivity contribution in [1.82, 2.24) is 15.5 Å². The minimum absolute atomic E-state index is 0.0116. The number of aromatic hydroxyl groups is 1. The van der Waals surface area contributed by atoms with Gasteiger partial charge in [0.15, 0.2) is 0 Å². The van der Waals surface area contributed by atoms with E-state index in [1.165, 1.54) is 25.2 Å². The van der Waals surface area contributed by atoms with E-state index in [-0.39, 0.29) is 12.2 Å². The standard InChI is InChI=1S/C31H43N3O8/c1-19-16-21(14-15-24(19)36)25(34(8)27(38)23(18-35)33-29(40)42-31(5,6)7)26(37)32-22(28(39)41-30(2,3)4)17-20-12-10-9-11-13-20/h9-16,22-23,25,35-36H,17-18H2,1-8H3,(H,32,37)(H,33,40). The summed E-state index contributed by atoms with van der Waals surface area (Å²) in [5.74, 6) is -2.17. The first-order chi connectivity index (χ1) is 19.4. The van der Waals surface area contributed by atoms with Crippen molar-refractivity contribution in [2.24, 2.45) is 0 Å². The summed E-state index contributed by atoms with van der Waals surface area (Å²) in [6, 6.07) is 9.65. The molecule has 3 amide bonds. The molecule has 0 bridgehead atoms. The van der Waals surface area contributed by atoms with Gasteiger partial charge in [0.25, 0.3) is 0 Å². The third-order valence-electron chi connectivity index (χ3n) is 5.98. The second-order valence-corrected chi connectivity index (χ2v) is 12.1. The van der Waals surface area contributed by atoms with Gasteiger partial charge in [0, 0.05) is 13.5 Å². The number of likely N-dealkylation sites (N-methyl/N-ethyl adjacent to an activating group) is 1. The fourth-order valence-corrected chi connectivity index (χ4v) is 4.07. The molecule has 2 rings (SSSR count). The van der Waals surface area contributed by atoms with Gasteiger partial charge in [0.05, 0.1) is 6.61 Å². The number of amides is 3. The number of rotatable bonds is 10. The van der Waals surface area contributed by atoms with Gasteiger partial charge < -0.3 is 35.2 Å². The first-order valence-corrected chi connectivity index (χ1v) is 13.7. The molecule has 0 spiro atoms. The number of benzene rings is 2. The minimum Gasteiger partial charge on any atom is -0.508 e. The van der Waals surface area contributed by atoms with Gasteiger partial charge in [-0.05, 0) is 77.3 Å². The number of phenols is 1. The van der Waals surface area contributed by atoms with Crippen LogP contribution in [-0.2, 0) is 30.3 Å². The van der Waals surface area contributed by atoms with Crippen molar-refractivity contribution in [2.75, 3.05) is 13.7 Å². The fraction of sp³-hybridized carbons (Fsp3) is 0.484. The van der Waals surface area contributed by atoms with E-state index < -0.39 is 59.8 Å². The zero-order valence-corrected chi connectivity index (χ0v) is 25.6. The molecule has 230 valence electrons. The molecule has 0 aliphatic carbocycles. The van der Waals surface area contributed by atoms with E-state index in [0.29, 0.717) is 11.1 Å². The Morgan fingerprint density at radius 2 is 1.48 bits per heavy atom. The number of hydrogen-bond donors (Lipinski definition) is 4. The van der Waals surface area contributed by atoms with Gasteiger partial charge in [0.2, 0.25) is 11.8 Å². The normalized spacial score (nSPS) is 13.7. The number of nitrogens with zero attached hydrogens (tertiary/aromatic N) is 1. The summed E-state index contributed by atoms with van der Waals surface area (Å²) in [4.78, 5) is 54.1. The third-order valence-corrected chi connectivity index (χ3v) is 5.98. The Labute approximate surface area is 247 Å². The molecule has 0 heterocycles. The molecule has 0 saturated carbocycles. The molecular weight excluding hydrogens is 542 g/mol. The van der Waals surface area contributed by atoms with Crippen LogP contribution in [0.2, 0.25) is 0 Å². The lowest BCUT2D eigenvalue weighted by molar-refractivity contribution is -0.159. The topological polar surface area (TPSA) is 154 Å². The van der Waals surface area contributed by atoms with Crippen LogP contribution in [0.1, 0.15) is 64.3 Å². The number of esters is 1. The van der Waals surface area contributed by atoms with Crippen molar-refractivity contribution in [3.8, 4) is 5.75 Å². The highest BCUT2D eigenvalue weighted by molar-refractivity contribution is 5.94. The zero-order valence-electron chi connectivity index (χ0n) is 25.6. The maximum Gasteiger partial charge on any atom is 0.408 e. The van der Waals surface area contributed by atoms with E-state index >= 15 is 0 Å². The molecule has 0 radical (unpaired) electrons. The van der Waals surface area contributed by atoms with E-state index in [1.54, 1.807) is 48.5 Å². The molecule has 11 heteroatoms. The molecule has 3 atom stereocenters. The average Bonchev–Trinajstić information content (AvgIpc) is 2.87. The van der Waals surface area contributed by atoms with Crippen molar-refractivity contribution in [3.63, 3.8) is 0 Å². The van der Waals surface area contributed by atoms with E-state index in [1.807, 2.05) is 30.3 Å². The Balaban J connectivity index is 2.45. The highest BCUT2D eigenvalue weighted by Crippen LogP contribution is 2.26. The Hall–Kier alpha value is -4.12. The van der Waals surface area contributed by atoms with Crippen LogP contribution in [0.25, 0.3) is 0 Å². The SMILES string of the molecule is Cc1cc(C(C(=O)NC(Cc2ccccc2)C(=O)OC(C)(C)C)N(C)C(=O)C(CO)NC(=O)OC(C)(C)C)ccc1O. The maximum atomic E-state index is 13.9. The van der Waals surface area contributed by atoms with Crippen molar-refractivity contribution >= 4 is 23.9 Å². The van der Waals surface area contributed by atoms with E-state index in [9.17, 15) is 29.4 Å². The fourth-order valence-electron chi connectivity index (χ4n) is 4.07. The van der Waals surface area contributed by atoms with Crippen molar-refractivity contribution < 1.29 is 38.9 Å². The Kier molecular flexibility index (Phi) is 11.5. The smallest absolute Gasteiger partial charge is 0.408 e. The highest BCUT2D eigenvalue weighted by Gasteiger charge is 2.36. The predicted molar refractivity (Wildman–Crippen MR) is 157 cm³/mol. The molecule has 42 heavy (non-hydrogen) atoms. The van der Waals surface area contributed by atoms with Gasteiger partial charge in [-0.25, -0.2) is 9.59 Å². The van der Waals surface area contributed by atoms with Crippen LogP contribution in [0.15, 0.2) is 48.5 Å². The maximum absolute atomic E-state index is 13.9. The van der Waals surface area contributed by atoms with Crippen molar-refractivity contribution in [2.45, 2.75) is 84.2 Å². The summed E-state index contributed by atoms with van der Waals surface area (Å²) in [6.45, 7) is 11.0. The van der Waals surface area contributed by atoms with Crippen LogP contribution in [0.5, 0.6) is 5.75 Å². The van der Waals surface area contributed by atoms with Gasteiger partial charge >= 0.3 is 12.1 Å². The number of alkyl carbamates (subject to hydrolysis) is 1. The first kappa shape index (κ1) is 34.1. The molecule has 2 aromatic carbocycles. The van der Waals surface area contributed by atoms with Gasteiger partial charge in [-0.2, -0.15) is 0 Å². The Bertz CT molecular complexity index is 1250. The van der Waals surface area contributed by atoms with E-state index in [2.05, 4.69) is 10.6 Å². The summed E-state index contributed by atoms with van der Waals surface area (Å²) in [5.41, 5.74) is -0.115. The number of nitrogens with one attached hydrogen (secondary N) is 2. The number of phenolic OH excluding ortho intramolecular Hbond substituents is 1. The van der Waals surface area contributed by atoms with Gasteiger partial charge in [0.1, 0.15) is 35.1 Å². The number of aryl methyl sites for hydroxylation is 1. The number of ether oxygens (including phenoxy) is 2. The third kappa shape index (κ3) is 10.4. The molecule has 0 saturated heterocycles. The molecular formula is C31H43N3O8. The Morgan fingerprint density at radius 3 is 2.00 bits per heavy atom. The molecule has 0 fully saturated rings. The second kappa shape index (κ2) is 14.2. The number of aliphatic hydroxyl groups is 1. The van der Waals surface area contributed by atoms with Crippen LogP contribution >= 0.6 is 0 Å². The van der Waals surface area contributed by atoms with Gasteiger partial charge in [-0.1, -0.05) is 36.4 Å². The van der Waals surface area contributed by atoms with Gasteiger partial charge in [-0.3, -0.25) is 9.59 Å². The number of aliphatic hydroxyl groups excluding tert-OH is 1. The second-order valence-electron chi connectivity index (χ2n) is 12.1. The van der Waals surface area contributed by atoms with Crippen LogP contribution in [0, 0.1) is 6.92 Å². The molecule has 2 aromatic rings. The molecule has 0 aliphatic heterocycles. The number of hydrogen-bond acceptors (Lipinski definition) is 8. The molecule has 3 unspecified atom stereocenters. The van der Waals surface area contributed by atoms with E-state index in [0.717, 1.165) is 10.5 Å². The summed E-state index contributed by atoms with van der Waals surface area (Å²) in [5, 5.41) is 25.1. The van der Waals surface area contributed by atoms with Crippen molar-refractivity contribution in [1.29, 1.82) is 0 Å². The molecule has 0 aliphatic rings. The summed E-state index contributed by atoms with van der Waals surface area (Å²) >= 11 is 0. The van der Waals surface area contributed by atoms with Crippen LogP contribution < -0.4 is 10.6 Å². The monoisotopic (exact) mass is 585 g/mol. The van der Waals surface area contributed by atoms with Gasteiger partial charge in [-0.15, -0.1) is 0 Å². The van der Waals surface area contributed by atoms with E-state index in [4.69, 9.17) is 9.47 Å². The molecule has 4 N–H and O–H groups in total. The van der Waals surface area contributed by atoms with Crippen molar-refractivity contribution in [3.05, 3.63) is 65.2 Å². The molecule has 11 nitrogen and oxygen atoms in total. The number of carbonyl (C=O) groups excluding carboxylic acids is 4. The van der Waals surface area contributed by atoms with Crippen LogP contribution in [-0.4, -0.2) is 75.9 Å². The summed E-state index contributed by atoms with van der Waals surface area (Å²) < 4.78 is 10.8. The zero-order chi connectivity index (χ0) is 31.8. The number of carbonyl (C=O) groups is 4. The summed E-state index contributed by atoms with van der Waals surface area (Å²) in [7, 11) is 1.34. The lowest BCUT2D eigenvalue weighted by Crippen LogP contribution is -2.54. The molecule has 0 aromatic heterocycles. The first-order valence-electron chi connectivity index (χ1n) is 13.7. The largest absolute Gasteiger partial charge is 0.508 e. The lowest BCUT2D eigenvalue weighted by atomic mass is 9.99. The van der Waals surface area contributed by atoms with Crippen LogP contribution in [0.4, 0.5) is 4.79 Å². The Morgan fingerprint density at radius 1 is 0.881 bits per heavy atom. The lowest BCUT2D eigenvalue weighted by Gasteiger charge is -2.32. The average molecular weight is 586 g/mol.